The summed E-state index contributed by atoms with van der Waals surface area (Å²) in [4.78, 5) is 10.8. The first-order valence-electron chi connectivity index (χ1n) is 6.01. The lowest BCUT2D eigenvalue weighted by Gasteiger charge is -2.19. The molecule has 1 rings (SSSR count). The Bertz CT molecular complexity index is 284. The van der Waals surface area contributed by atoms with E-state index >= 15 is 0 Å². The third-order valence-corrected chi connectivity index (χ3v) is 2.48. The van der Waals surface area contributed by atoms with Crippen LogP contribution in [0.5, 0.6) is 0 Å². The molecule has 1 heterocycles. The van der Waals surface area contributed by atoms with Crippen molar-refractivity contribution in [1.82, 2.24) is 14.9 Å². The molecule has 0 saturated carbocycles. The van der Waals surface area contributed by atoms with Crippen LogP contribution in [0.25, 0.3) is 0 Å². The first kappa shape index (κ1) is 12.9. The highest BCUT2D eigenvalue weighted by atomic mass is 15.2. The molecule has 0 unspecified atom stereocenters. The molecule has 1 aromatic heterocycles. The van der Waals surface area contributed by atoms with Crippen molar-refractivity contribution >= 4 is 5.95 Å². The fourth-order valence-corrected chi connectivity index (χ4v) is 1.55. The van der Waals surface area contributed by atoms with Crippen LogP contribution in [0.1, 0.15) is 25.8 Å². The zero-order chi connectivity index (χ0) is 11.8. The first-order valence-corrected chi connectivity index (χ1v) is 6.01. The van der Waals surface area contributed by atoms with E-state index in [-0.39, 0.29) is 0 Å². The lowest BCUT2D eigenvalue weighted by atomic mass is 10.4. The average molecular weight is 222 g/mol. The Labute approximate surface area is 98.1 Å². The van der Waals surface area contributed by atoms with Crippen LogP contribution in [0.2, 0.25) is 0 Å². The minimum Gasteiger partial charge on any atom is -0.353 e. The highest BCUT2D eigenvalue weighted by Crippen LogP contribution is 1.98. The topological polar surface area (TPSA) is 41.0 Å². The summed E-state index contributed by atoms with van der Waals surface area (Å²) < 4.78 is 0. The van der Waals surface area contributed by atoms with Gasteiger partial charge < -0.3 is 10.2 Å². The SMILES string of the molecule is CCCN(CC)CCNc1ncc(C)cn1. The van der Waals surface area contributed by atoms with Crippen molar-refractivity contribution in [1.29, 1.82) is 0 Å². The van der Waals surface area contributed by atoms with Crippen molar-refractivity contribution in [3.63, 3.8) is 0 Å². The summed E-state index contributed by atoms with van der Waals surface area (Å²) in [5, 5.41) is 3.23. The summed E-state index contributed by atoms with van der Waals surface area (Å²) in [6.45, 7) is 10.6. The summed E-state index contributed by atoms with van der Waals surface area (Å²) in [5.41, 5.74) is 1.09. The van der Waals surface area contributed by atoms with Gasteiger partial charge in [-0.2, -0.15) is 0 Å². The minimum absolute atomic E-state index is 0.721. The van der Waals surface area contributed by atoms with Gasteiger partial charge in [-0.3, -0.25) is 0 Å². The maximum Gasteiger partial charge on any atom is 0.222 e. The second-order valence-corrected chi connectivity index (χ2v) is 3.95. The van der Waals surface area contributed by atoms with Gasteiger partial charge in [-0.05, 0) is 32.0 Å². The van der Waals surface area contributed by atoms with E-state index in [1.165, 1.54) is 6.42 Å². The van der Waals surface area contributed by atoms with Crippen LogP contribution < -0.4 is 5.32 Å². The molecule has 0 aliphatic rings. The standard InChI is InChI=1S/C12H22N4/c1-4-7-16(5-2)8-6-13-12-14-9-11(3)10-15-12/h9-10H,4-8H2,1-3H3,(H,13,14,15). The Hall–Kier alpha value is -1.16. The molecule has 16 heavy (non-hydrogen) atoms. The lowest BCUT2D eigenvalue weighted by molar-refractivity contribution is 0.300. The van der Waals surface area contributed by atoms with E-state index in [4.69, 9.17) is 0 Å². The van der Waals surface area contributed by atoms with Gasteiger partial charge in [0.05, 0.1) is 0 Å². The molecule has 0 aromatic carbocycles. The van der Waals surface area contributed by atoms with E-state index in [0.29, 0.717) is 0 Å². The maximum absolute atomic E-state index is 4.21. The predicted molar refractivity (Wildman–Crippen MR) is 67.7 cm³/mol. The molecule has 0 amide bonds. The molecule has 0 bridgehead atoms. The molecule has 4 nitrogen and oxygen atoms in total. The first-order chi connectivity index (χ1) is 7.76. The number of hydrogen-bond donors (Lipinski definition) is 1. The van der Waals surface area contributed by atoms with E-state index in [9.17, 15) is 0 Å². The van der Waals surface area contributed by atoms with Gasteiger partial charge in [-0.1, -0.05) is 13.8 Å². The van der Waals surface area contributed by atoms with Gasteiger partial charge in [0.15, 0.2) is 0 Å². The Balaban J connectivity index is 2.26. The number of anilines is 1. The molecule has 1 N–H and O–H groups in total. The Morgan fingerprint density at radius 1 is 1.19 bits per heavy atom. The Kier molecular flexibility index (Phi) is 5.78. The number of aryl methyl sites for hydroxylation is 1. The van der Waals surface area contributed by atoms with E-state index in [0.717, 1.165) is 37.7 Å². The van der Waals surface area contributed by atoms with Gasteiger partial charge in [0.25, 0.3) is 0 Å². The normalized spacial score (nSPS) is 10.8. The largest absolute Gasteiger partial charge is 0.353 e. The third-order valence-electron chi connectivity index (χ3n) is 2.48. The van der Waals surface area contributed by atoms with Crippen molar-refractivity contribution in [2.24, 2.45) is 0 Å². The maximum atomic E-state index is 4.21. The lowest BCUT2D eigenvalue weighted by Crippen LogP contribution is -2.29. The number of rotatable bonds is 7. The van der Waals surface area contributed by atoms with Gasteiger partial charge in [0.1, 0.15) is 0 Å². The molecule has 0 radical (unpaired) electrons. The van der Waals surface area contributed by atoms with Crippen molar-refractivity contribution < 1.29 is 0 Å². The van der Waals surface area contributed by atoms with E-state index in [2.05, 4.69) is 34.0 Å². The fraction of sp³-hybridized carbons (Fsp3) is 0.667. The summed E-state index contributed by atoms with van der Waals surface area (Å²) in [7, 11) is 0. The molecule has 0 spiro atoms. The number of aromatic nitrogens is 2. The number of nitrogens with zero attached hydrogens (tertiary/aromatic N) is 3. The van der Waals surface area contributed by atoms with Gasteiger partial charge in [0, 0.05) is 25.5 Å². The smallest absolute Gasteiger partial charge is 0.222 e. The highest BCUT2D eigenvalue weighted by Gasteiger charge is 2.00. The summed E-state index contributed by atoms with van der Waals surface area (Å²) in [5.74, 6) is 0.721. The van der Waals surface area contributed by atoms with Crippen molar-refractivity contribution in [3.05, 3.63) is 18.0 Å². The molecule has 90 valence electrons. The van der Waals surface area contributed by atoms with Crippen LogP contribution in [0, 0.1) is 6.92 Å². The molecular formula is C12H22N4. The zero-order valence-corrected chi connectivity index (χ0v) is 10.5. The molecule has 0 aliphatic carbocycles. The number of hydrogen-bond acceptors (Lipinski definition) is 4. The van der Waals surface area contributed by atoms with Gasteiger partial charge >= 0.3 is 0 Å². The predicted octanol–water partition coefficient (Wildman–Crippen LogP) is 1.93. The molecule has 0 atom stereocenters. The second kappa shape index (κ2) is 7.17. The average Bonchev–Trinajstić information content (AvgIpc) is 2.30. The Morgan fingerprint density at radius 2 is 1.88 bits per heavy atom. The van der Waals surface area contributed by atoms with Crippen LogP contribution in [-0.4, -0.2) is 41.0 Å². The number of likely N-dealkylation sites (N-methyl/N-ethyl adjacent to an activating group) is 1. The van der Waals surface area contributed by atoms with E-state index < -0.39 is 0 Å². The van der Waals surface area contributed by atoms with Crippen LogP contribution in [0.4, 0.5) is 5.95 Å². The minimum atomic E-state index is 0.721. The zero-order valence-electron chi connectivity index (χ0n) is 10.5. The van der Waals surface area contributed by atoms with E-state index in [1.807, 2.05) is 19.3 Å². The van der Waals surface area contributed by atoms with Gasteiger partial charge in [-0.25, -0.2) is 9.97 Å². The highest BCUT2D eigenvalue weighted by molar-refractivity contribution is 5.23. The van der Waals surface area contributed by atoms with Gasteiger partial charge in [-0.15, -0.1) is 0 Å². The molecular weight excluding hydrogens is 200 g/mol. The van der Waals surface area contributed by atoms with E-state index in [1.54, 1.807) is 0 Å². The molecule has 0 fully saturated rings. The van der Waals surface area contributed by atoms with Crippen LogP contribution in [-0.2, 0) is 0 Å². The fourth-order valence-electron chi connectivity index (χ4n) is 1.55. The quantitative estimate of drug-likeness (QED) is 0.765. The molecule has 4 heteroatoms. The van der Waals surface area contributed by atoms with Crippen LogP contribution in [0.3, 0.4) is 0 Å². The molecule has 0 saturated heterocycles. The van der Waals surface area contributed by atoms with Crippen LogP contribution in [0.15, 0.2) is 12.4 Å². The van der Waals surface area contributed by atoms with Gasteiger partial charge in [0.2, 0.25) is 5.95 Å². The number of nitrogens with one attached hydrogen (secondary N) is 1. The summed E-state index contributed by atoms with van der Waals surface area (Å²) in [6.07, 6.45) is 4.87. The van der Waals surface area contributed by atoms with Crippen molar-refractivity contribution in [3.8, 4) is 0 Å². The molecule has 1 aromatic rings. The summed E-state index contributed by atoms with van der Waals surface area (Å²) >= 11 is 0. The summed E-state index contributed by atoms with van der Waals surface area (Å²) in [6, 6.07) is 0. The van der Waals surface area contributed by atoms with Crippen LogP contribution >= 0.6 is 0 Å². The second-order valence-electron chi connectivity index (χ2n) is 3.95. The monoisotopic (exact) mass is 222 g/mol. The van der Waals surface area contributed by atoms with Crippen molar-refractivity contribution in [2.75, 3.05) is 31.5 Å². The Morgan fingerprint density at radius 3 is 2.44 bits per heavy atom. The van der Waals surface area contributed by atoms with Crippen molar-refractivity contribution in [2.45, 2.75) is 27.2 Å². The third kappa shape index (κ3) is 4.57. The molecule has 0 aliphatic heterocycles.